The van der Waals surface area contributed by atoms with Crippen LogP contribution >= 0.6 is 11.6 Å². The first kappa shape index (κ1) is 13.6. The summed E-state index contributed by atoms with van der Waals surface area (Å²) in [6.45, 7) is 0.755. The molecule has 1 fully saturated rings. The quantitative estimate of drug-likeness (QED) is 0.758. The van der Waals surface area contributed by atoms with Gasteiger partial charge < -0.3 is 15.7 Å². The topological polar surface area (TPSA) is 61.4 Å². The van der Waals surface area contributed by atoms with Gasteiger partial charge in [-0.3, -0.25) is 4.79 Å². The van der Waals surface area contributed by atoms with Gasteiger partial charge in [-0.15, -0.1) is 0 Å². The van der Waals surface area contributed by atoms with Gasteiger partial charge in [-0.2, -0.15) is 0 Å². The van der Waals surface area contributed by atoms with E-state index in [-0.39, 0.29) is 17.7 Å². The number of para-hydroxylation sites is 1. The lowest BCUT2D eigenvalue weighted by Crippen LogP contribution is -2.39. The maximum Gasteiger partial charge on any atom is 0.237 e. The van der Waals surface area contributed by atoms with E-state index in [1.807, 2.05) is 30.3 Å². The molecule has 0 aromatic heterocycles. The molecule has 2 heterocycles. The van der Waals surface area contributed by atoms with Crippen molar-refractivity contribution in [3.63, 3.8) is 0 Å². The summed E-state index contributed by atoms with van der Waals surface area (Å²) >= 11 is 6.05. The van der Waals surface area contributed by atoms with E-state index in [2.05, 4.69) is 10.6 Å². The second kappa shape index (κ2) is 4.73. The zero-order valence-corrected chi connectivity index (χ0v) is 12.5. The summed E-state index contributed by atoms with van der Waals surface area (Å²) in [5.41, 5.74) is 2.20. The molecular weight excluding hydrogens is 300 g/mol. The number of hydrogen-bond acceptors (Lipinski definition) is 3. The normalized spacial score (nSPS) is 26.2. The van der Waals surface area contributed by atoms with Gasteiger partial charge in [0.25, 0.3) is 0 Å². The van der Waals surface area contributed by atoms with E-state index in [0.29, 0.717) is 5.02 Å². The van der Waals surface area contributed by atoms with E-state index >= 15 is 0 Å². The Labute approximate surface area is 133 Å². The average Bonchev–Trinajstić information content (AvgIpc) is 3.07. The number of benzene rings is 2. The fourth-order valence-corrected chi connectivity index (χ4v) is 3.90. The molecule has 3 N–H and O–H groups in total. The molecule has 1 amide bonds. The molecule has 0 bridgehead atoms. The number of anilines is 1. The minimum atomic E-state index is -0.614. The van der Waals surface area contributed by atoms with Crippen LogP contribution in [-0.4, -0.2) is 17.6 Å². The molecule has 4 nitrogen and oxygen atoms in total. The van der Waals surface area contributed by atoms with Gasteiger partial charge in [0.15, 0.2) is 0 Å². The third-order valence-electron chi connectivity index (χ3n) is 4.73. The highest BCUT2D eigenvalue weighted by atomic mass is 35.5. The third kappa shape index (κ3) is 1.71. The summed E-state index contributed by atoms with van der Waals surface area (Å²) in [5, 5.41) is 16.3. The smallest absolute Gasteiger partial charge is 0.237 e. The van der Waals surface area contributed by atoms with E-state index in [0.717, 1.165) is 29.8 Å². The third-order valence-corrected chi connectivity index (χ3v) is 5.03. The summed E-state index contributed by atoms with van der Waals surface area (Å²) in [5.74, 6) is 0.0710. The van der Waals surface area contributed by atoms with Crippen molar-refractivity contribution in [3.05, 3.63) is 58.6 Å². The summed E-state index contributed by atoms with van der Waals surface area (Å²) in [6.07, 6.45) is 0.735. The first-order chi connectivity index (χ1) is 10.6. The van der Waals surface area contributed by atoms with Crippen molar-refractivity contribution in [2.45, 2.75) is 17.9 Å². The monoisotopic (exact) mass is 314 g/mol. The van der Waals surface area contributed by atoms with Gasteiger partial charge in [0, 0.05) is 5.69 Å². The first-order valence-corrected chi connectivity index (χ1v) is 7.63. The summed E-state index contributed by atoms with van der Waals surface area (Å²) in [6, 6.07) is 12.8. The van der Waals surface area contributed by atoms with Crippen LogP contribution < -0.4 is 10.6 Å². The van der Waals surface area contributed by atoms with Crippen molar-refractivity contribution >= 4 is 23.2 Å². The van der Waals surface area contributed by atoms with Crippen LogP contribution in [-0.2, 0) is 10.2 Å². The number of aromatic hydroxyl groups is 1. The molecule has 4 rings (SSSR count). The molecule has 5 heteroatoms. The van der Waals surface area contributed by atoms with Crippen LogP contribution in [0, 0.1) is 0 Å². The lowest BCUT2D eigenvalue weighted by atomic mass is 9.73. The molecule has 22 heavy (non-hydrogen) atoms. The molecule has 2 aliphatic rings. The van der Waals surface area contributed by atoms with Crippen LogP contribution in [0.4, 0.5) is 5.69 Å². The van der Waals surface area contributed by atoms with Crippen LogP contribution in [0.25, 0.3) is 0 Å². The van der Waals surface area contributed by atoms with Gasteiger partial charge >= 0.3 is 0 Å². The first-order valence-electron chi connectivity index (χ1n) is 7.26. The predicted octanol–water partition coefficient (Wildman–Crippen LogP) is 2.97. The molecule has 0 aliphatic carbocycles. The van der Waals surface area contributed by atoms with E-state index in [9.17, 15) is 9.90 Å². The maximum atomic E-state index is 12.8. The Balaban J connectivity index is 1.87. The second-order valence-corrected chi connectivity index (χ2v) is 6.23. The van der Waals surface area contributed by atoms with Gasteiger partial charge in [-0.25, -0.2) is 0 Å². The molecular formula is C17H15ClN2O2. The largest absolute Gasteiger partial charge is 0.506 e. The highest BCUT2D eigenvalue weighted by Crippen LogP contribution is 2.51. The predicted molar refractivity (Wildman–Crippen MR) is 85.2 cm³/mol. The van der Waals surface area contributed by atoms with Crippen LogP contribution in [0.15, 0.2) is 42.5 Å². The number of rotatable bonds is 1. The van der Waals surface area contributed by atoms with Crippen molar-refractivity contribution in [2.24, 2.45) is 0 Å². The van der Waals surface area contributed by atoms with Gasteiger partial charge in [0.1, 0.15) is 5.75 Å². The number of amides is 1. The average molecular weight is 315 g/mol. The van der Waals surface area contributed by atoms with Crippen molar-refractivity contribution in [1.82, 2.24) is 5.32 Å². The van der Waals surface area contributed by atoms with E-state index in [4.69, 9.17) is 11.6 Å². The number of phenolic OH excluding ortho intramolecular Hbond substituents is 1. The minimum absolute atomic E-state index is 0.0212. The van der Waals surface area contributed by atoms with Crippen molar-refractivity contribution in [1.29, 1.82) is 0 Å². The lowest BCUT2D eigenvalue weighted by molar-refractivity contribution is -0.121. The van der Waals surface area contributed by atoms with Crippen LogP contribution in [0.1, 0.15) is 23.6 Å². The van der Waals surface area contributed by atoms with Gasteiger partial charge in [0.2, 0.25) is 5.91 Å². The van der Waals surface area contributed by atoms with Gasteiger partial charge in [0.05, 0.1) is 16.5 Å². The lowest BCUT2D eigenvalue weighted by Gasteiger charge is -2.29. The van der Waals surface area contributed by atoms with Crippen LogP contribution in [0.3, 0.4) is 0 Å². The van der Waals surface area contributed by atoms with Gasteiger partial charge in [-0.1, -0.05) is 35.9 Å². The Morgan fingerprint density at radius 1 is 1.23 bits per heavy atom. The van der Waals surface area contributed by atoms with E-state index < -0.39 is 5.41 Å². The highest BCUT2D eigenvalue weighted by Gasteiger charge is 2.55. The van der Waals surface area contributed by atoms with E-state index in [1.54, 1.807) is 12.1 Å². The number of nitrogens with one attached hydrogen (secondary N) is 2. The standard InChI is InChI=1S/C17H15ClN2O2/c18-12-9-10(5-6-14(12)21)15-17(7-8-19-15)11-3-1-2-4-13(11)20-16(17)22/h1-6,9,15,19,21H,7-8H2,(H,20,22)/t15-,17+/m1/s1. The summed E-state index contributed by atoms with van der Waals surface area (Å²) in [7, 11) is 0. The van der Waals surface area contributed by atoms with E-state index in [1.165, 1.54) is 0 Å². The molecule has 2 aromatic carbocycles. The fourth-order valence-electron chi connectivity index (χ4n) is 3.71. The Morgan fingerprint density at radius 2 is 2.05 bits per heavy atom. The zero-order chi connectivity index (χ0) is 15.3. The Kier molecular flexibility index (Phi) is 2.93. The Bertz CT molecular complexity index is 777. The fraction of sp³-hybridized carbons (Fsp3) is 0.235. The number of carbonyl (C=O) groups excluding carboxylic acids is 1. The Morgan fingerprint density at radius 3 is 2.86 bits per heavy atom. The number of carbonyl (C=O) groups is 1. The number of phenols is 1. The maximum absolute atomic E-state index is 12.8. The van der Waals surface area contributed by atoms with Crippen molar-refractivity contribution in [2.75, 3.05) is 11.9 Å². The molecule has 2 aromatic rings. The second-order valence-electron chi connectivity index (χ2n) is 5.82. The Hall–Kier alpha value is -2.04. The van der Waals surface area contributed by atoms with Crippen LogP contribution in [0.2, 0.25) is 5.02 Å². The van der Waals surface area contributed by atoms with Crippen molar-refractivity contribution in [3.8, 4) is 5.75 Å². The summed E-state index contributed by atoms with van der Waals surface area (Å²) < 4.78 is 0. The molecule has 2 atom stereocenters. The molecule has 112 valence electrons. The SMILES string of the molecule is O=C1Nc2ccccc2[C@]12CCN[C@@H]2c1ccc(O)c(Cl)c1. The molecule has 1 saturated heterocycles. The molecule has 1 spiro atoms. The molecule has 2 aliphatic heterocycles. The minimum Gasteiger partial charge on any atom is -0.506 e. The highest BCUT2D eigenvalue weighted by molar-refractivity contribution is 6.32. The van der Waals surface area contributed by atoms with Crippen molar-refractivity contribution < 1.29 is 9.90 Å². The molecule has 0 unspecified atom stereocenters. The number of halogens is 1. The number of hydrogen-bond donors (Lipinski definition) is 3. The van der Waals surface area contributed by atoms with Gasteiger partial charge in [-0.05, 0) is 42.3 Å². The number of fused-ring (bicyclic) bond motifs is 2. The zero-order valence-electron chi connectivity index (χ0n) is 11.8. The molecule has 0 radical (unpaired) electrons. The van der Waals surface area contributed by atoms with Crippen LogP contribution in [0.5, 0.6) is 5.75 Å². The molecule has 0 saturated carbocycles. The summed E-state index contributed by atoms with van der Waals surface area (Å²) in [4.78, 5) is 12.8.